The quantitative estimate of drug-likeness (QED) is 0.303. The lowest BCUT2D eigenvalue weighted by Crippen LogP contribution is -2.70. The average Bonchev–Trinajstić information content (AvgIpc) is 2.75. The van der Waals surface area contributed by atoms with Crippen molar-refractivity contribution in [1.29, 1.82) is 0 Å². The van der Waals surface area contributed by atoms with Crippen LogP contribution in [0, 0.1) is 12.8 Å². The second kappa shape index (κ2) is 13.8. The van der Waals surface area contributed by atoms with E-state index in [0.29, 0.717) is 12.3 Å². The molecule has 1 aliphatic heterocycles. The Morgan fingerprint density at radius 3 is 2.00 bits per heavy atom. The van der Waals surface area contributed by atoms with Crippen molar-refractivity contribution < 1.29 is 23.7 Å². The van der Waals surface area contributed by atoms with Crippen molar-refractivity contribution in [3.63, 3.8) is 0 Å². The van der Waals surface area contributed by atoms with Crippen LogP contribution in [0.3, 0.4) is 0 Å². The van der Waals surface area contributed by atoms with Gasteiger partial charge < -0.3 is 15.3 Å². The van der Waals surface area contributed by atoms with Crippen LogP contribution in [-0.4, -0.2) is 58.9 Å². The van der Waals surface area contributed by atoms with Gasteiger partial charge >= 0.3 is 0 Å². The number of benzene rings is 1. The van der Waals surface area contributed by atoms with Crippen LogP contribution >= 0.6 is 0 Å². The van der Waals surface area contributed by atoms with Gasteiger partial charge in [-0.3, -0.25) is 0 Å². The Kier molecular flexibility index (Phi) is 11.8. The molecular formula is C26H45NO5S. The minimum absolute atomic E-state index is 0.160. The number of aliphatic hydroxyl groups excluding tert-OH is 3. The number of hydrogen-bond donors (Lipinski definition) is 3. The molecule has 0 aliphatic carbocycles. The predicted octanol–water partition coefficient (Wildman–Crippen LogP) is 4.40. The zero-order chi connectivity index (χ0) is 24.4. The molecule has 1 heterocycles. The summed E-state index contributed by atoms with van der Waals surface area (Å²) in [4.78, 5) is 0.208. The van der Waals surface area contributed by atoms with Gasteiger partial charge in [-0.25, -0.2) is 8.42 Å². The third-order valence-electron chi connectivity index (χ3n) is 6.76. The van der Waals surface area contributed by atoms with E-state index in [1.807, 2.05) is 6.92 Å². The summed E-state index contributed by atoms with van der Waals surface area (Å²) in [5.74, 6) is 0.547. The number of rotatable bonds is 16. The van der Waals surface area contributed by atoms with Crippen molar-refractivity contribution in [3.05, 3.63) is 29.8 Å². The van der Waals surface area contributed by atoms with Gasteiger partial charge in [0.1, 0.15) is 0 Å². The second-order valence-corrected chi connectivity index (χ2v) is 12.0. The largest absolute Gasteiger partial charge is 0.395 e. The number of unbranched alkanes of at least 4 members (excludes halogenated alkanes) is 7. The lowest BCUT2D eigenvalue weighted by atomic mass is 9.89. The van der Waals surface area contributed by atoms with Crippen molar-refractivity contribution in [3.8, 4) is 0 Å². The highest BCUT2D eigenvalue weighted by atomic mass is 32.2. The smallest absolute Gasteiger partial charge is 0.243 e. The van der Waals surface area contributed by atoms with Gasteiger partial charge in [0.2, 0.25) is 10.0 Å². The lowest BCUT2D eigenvalue weighted by Gasteiger charge is -2.50. The first-order valence-electron chi connectivity index (χ1n) is 12.8. The van der Waals surface area contributed by atoms with Gasteiger partial charge in [-0.15, -0.1) is 0 Å². The van der Waals surface area contributed by atoms with Gasteiger partial charge in [0.25, 0.3) is 0 Å². The minimum atomic E-state index is -3.74. The van der Waals surface area contributed by atoms with Gasteiger partial charge in [0.05, 0.1) is 35.8 Å². The molecule has 0 spiro atoms. The lowest BCUT2D eigenvalue weighted by molar-refractivity contribution is -0.0880. The number of nitrogens with zero attached hydrogens (tertiary/aromatic N) is 1. The molecule has 1 aliphatic rings. The van der Waals surface area contributed by atoms with Gasteiger partial charge in [-0.05, 0) is 44.2 Å². The highest BCUT2D eigenvalue weighted by Crippen LogP contribution is 2.36. The maximum absolute atomic E-state index is 13.1. The third-order valence-corrected chi connectivity index (χ3v) is 8.72. The maximum Gasteiger partial charge on any atom is 0.243 e. The number of hydrogen-bond acceptors (Lipinski definition) is 5. The first-order chi connectivity index (χ1) is 15.7. The van der Waals surface area contributed by atoms with E-state index in [-0.39, 0.29) is 17.6 Å². The Balaban J connectivity index is 1.67. The summed E-state index contributed by atoms with van der Waals surface area (Å²) < 4.78 is 27.5. The van der Waals surface area contributed by atoms with Gasteiger partial charge in [0, 0.05) is 0 Å². The molecule has 190 valence electrons. The van der Waals surface area contributed by atoms with E-state index in [1.54, 1.807) is 24.3 Å². The molecule has 7 heteroatoms. The van der Waals surface area contributed by atoms with E-state index >= 15 is 0 Å². The summed E-state index contributed by atoms with van der Waals surface area (Å²) in [6.45, 7) is 5.81. The molecule has 6 nitrogen and oxygen atoms in total. The van der Waals surface area contributed by atoms with Crippen LogP contribution in [0.15, 0.2) is 29.2 Å². The first kappa shape index (κ1) is 28.2. The number of aryl methyl sites for hydroxylation is 1. The SMILES string of the molecule is Cc1ccc(S(=O)(=O)N2[C@@H](CO)[C@H](O)[C@@H]2CCCCCCCCCC[C@H](O)CC(C)C)cc1. The zero-order valence-electron chi connectivity index (χ0n) is 20.7. The van der Waals surface area contributed by atoms with Gasteiger partial charge in [0.15, 0.2) is 0 Å². The number of sulfonamides is 1. The van der Waals surface area contributed by atoms with Crippen LogP contribution in [0.1, 0.15) is 90.0 Å². The Morgan fingerprint density at radius 2 is 1.45 bits per heavy atom. The first-order valence-corrected chi connectivity index (χ1v) is 14.2. The van der Waals surface area contributed by atoms with Gasteiger partial charge in [-0.2, -0.15) is 4.31 Å². The molecule has 0 amide bonds. The van der Waals surface area contributed by atoms with Crippen LogP contribution in [0.5, 0.6) is 0 Å². The fraction of sp³-hybridized carbons (Fsp3) is 0.769. The molecule has 0 bridgehead atoms. The van der Waals surface area contributed by atoms with E-state index in [2.05, 4.69) is 13.8 Å². The predicted molar refractivity (Wildman–Crippen MR) is 133 cm³/mol. The highest BCUT2D eigenvalue weighted by molar-refractivity contribution is 7.89. The third kappa shape index (κ3) is 8.32. The molecule has 1 saturated heterocycles. The summed E-state index contributed by atoms with van der Waals surface area (Å²) in [5.41, 5.74) is 0.983. The van der Waals surface area contributed by atoms with E-state index in [9.17, 15) is 23.7 Å². The fourth-order valence-electron chi connectivity index (χ4n) is 4.83. The van der Waals surface area contributed by atoms with Crippen LogP contribution < -0.4 is 0 Å². The Labute approximate surface area is 201 Å². The Hall–Kier alpha value is -0.990. The summed E-state index contributed by atoms with van der Waals surface area (Å²) >= 11 is 0. The van der Waals surface area contributed by atoms with Crippen LogP contribution in [0.4, 0.5) is 0 Å². The van der Waals surface area contributed by atoms with Crippen molar-refractivity contribution >= 4 is 10.0 Å². The minimum Gasteiger partial charge on any atom is -0.395 e. The molecule has 0 unspecified atom stereocenters. The molecule has 33 heavy (non-hydrogen) atoms. The van der Waals surface area contributed by atoms with Crippen LogP contribution in [-0.2, 0) is 10.0 Å². The molecule has 0 radical (unpaired) electrons. The number of aliphatic hydroxyl groups is 3. The zero-order valence-corrected chi connectivity index (χ0v) is 21.5. The average molecular weight is 484 g/mol. The standard InChI is InChI=1S/C26H45NO5S/c1-20(2)18-22(29)12-10-8-6-4-5-7-9-11-13-24-26(30)25(19-28)27(24)33(31,32)23-16-14-21(3)15-17-23/h14-17,20,22,24-26,28-30H,4-13,18-19H2,1-3H3/t22-,24-,25-,26+/m0/s1. The normalized spacial score (nSPS) is 22.5. The molecule has 3 N–H and O–H groups in total. The van der Waals surface area contributed by atoms with Crippen molar-refractivity contribution in [2.24, 2.45) is 5.92 Å². The highest BCUT2D eigenvalue weighted by Gasteiger charge is 2.53. The summed E-state index contributed by atoms with van der Waals surface area (Å²) in [5, 5.41) is 29.9. The van der Waals surface area contributed by atoms with E-state index < -0.39 is 28.2 Å². The molecule has 1 aromatic carbocycles. The molecule has 0 saturated carbocycles. The molecule has 0 aromatic heterocycles. The topological polar surface area (TPSA) is 98.1 Å². The second-order valence-electron chi connectivity index (χ2n) is 10.1. The fourth-order valence-corrected chi connectivity index (χ4v) is 6.69. The summed E-state index contributed by atoms with van der Waals surface area (Å²) in [6.07, 6.45) is 10.2. The summed E-state index contributed by atoms with van der Waals surface area (Å²) in [6, 6.07) is 5.48. The molecule has 4 atom stereocenters. The van der Waals surface area contributed by atoms with E-state index in [1.165, 1.54) is 17.1 Å². The van der Waals surface area contributed by atoms with Gasteiger partial charge in [-0.1, -0.05) is 82.9 Å². The van der Waals surface area contributed by atoms with Crippen molar-refractivity contribution in [2.75, 3.05) is 6.61 Å². The van der Waals surface area contributed by atoms with E-state index in [4.69, 9.17) is 0 Å². The van der Waals surface area contributed by atoms with Crippen LogP contribution in [0.25, 0.3) is 0 Å². The summed E-state index contributed by atoms with van der Waals surface area (Å²) in [7, 11) is -3.74. The molecular weight excluding hydrogens is 438 g/mol. The Bertz CT molecular complexity index is 780. The maximum atomic E-state index is 13.1. The van der Waals surface area contributed by atoms with Crippen LogP contribution in [0.2, 0.25) is 0 Å². The Morgan fingerprint density at radius 1 is 0.909 bits per heavy atom. The van der Waals surface area contributed by atoms with Crippen molar-refractivity contribution in [1.82, 2.24) is 4.31 Å². The molecule has 1 fully saturated rings. The molecule has 2 rings (SSSR count). The van der Waals surface area contributed by atoms with Crippen molar-refractivity contribution in [2.45, 2.75) is 121 Å². The monoisotopic (exact) mass is 483 g/mol. The molecule has 1 aromatic rings. The van der Waals surface area contributed by atoms with E-state index in [0.717, 1.165) is 56.9 Å².